The van der Waals surface area contributed by atoms with Gasteiger partial charge in [-0.25, -0.2) is 0 Å². The van der Waals surface area contributed by atoms with Crippen LogP contribution in [0.1, 0.15) is 12.5 Å². The van der Waals surface area contributed by atoms with Crippen molar-refractivity contribution in [2.45, 2.75) is 6.92 Å². The Bertz CT molecular complexity index is 532. The lowest BCUT2D eigenvalue weighted by atomic mass is 10.2. The number of aromatic hydroxyl groups is 1. The third-order valence-electron chi connectivity index (χ3n) is 2.43. The first-order valence-corrected chi connectivity index (χ1v) is 5.84. The van der Waals surface area contributed by atoms with Gasteiger partial charge in [-0.2, -0.15) is 0 Å². The van der Waals surface area contributed by atoms with E-state index in [1.807, 2.05) is 37.3 Å². The van der Waals surface area contributed by atoms with Crippen LogP contribution in [-0.4, -0.2) is 17.9 Å². The van der Waals surface area contributed by atoms with Gasteiger partial charge in [0.25, 0.3) is 0 Å². The molecular weight excluding hydrogens is 226 g/mol. The second kappa shape index (κ2) is 5.87. The van der Waals surface area contributed by atoms with Crippen LogP contribution in [0.25, 0.3) is 0 Å². The SMILES string of the molecule is CCOc1ccc(C=Nc2ccccc2O)cc1. The number of ether oxygens (including phenoxy) is 1. The van der Waals surface area contributed by atoms with Gasteiger partial charge < -0.3 is 9.84 Å². The molecule has 2 aromatic rings. The predicted molar refractivity (Wildman–Crippen MR) is 73.0 cm³/mol. The van der Waals surface area contributed by atoms with E-state index in [2.05, 4.69) is 4.99 Å². The van der Waals surface area contributed by atoms with Crippen molar-refractivity contribution in [2.75, 3.05) is 6.61 Å². The molecule has 0 aliphatic carbocycles. The van der Waals surface area contributed by atoms with Crippen LogP contribution in [0, 0.1) is 0 Å². The number of benzene rings is 2. The van der Waals surface area contributed by atoms with Gasteiger partial charge >= 0.3 is 0 Å². The van der Waals surface area contributed by atoms with Crippen molar-refractivity contribution in [3.63, 3.8) is 0 Å². The van der Waals surface area contributed by atoms with Gasteiger partial charge in [0, 0.05) is 6.21 Å². The van der Waals surface area contributed by atoms with Crippen molar-refractivity contribution in [3.8, 4) is 11.5 Å². The third-order valence-corrected chi connectivity index (χ3v) is 2.43. The zero-order valence-corrected chi connectivity index (χ0v) is 10.2. The van der Waals surface area contributed by atoms with Crippen LogP contribution in [0.3, 0.4) is 0 Å². The summed E-state index contributed by atoms with van der Waals surface area (Å²) in [5.74, 6) is 1.02. The average Bonchev–Trinajstić information content (AvgIpc) is 2.40. The molecule has 0 amide bonds. The van der Waals surface area contributed by atoms with Crippen LogP contribution in [0.15, 0.2) is 53.5 Å². The van der Waals surface area contributed by atoms with Gasteiger partial charge in [0.05, 0.1) is 6.61 Å². The van der Waals surface area contributed by atoms with Crippen molar-refractivity contribution in [3.05, 3.63) is 54.1 Å². The number of phenolic OH excluding ortho intramolecular Hbond substituents is 1. The fourth-order valence-corrected chi connectivity index (χ4v) is 1.53. The number of hydrogen-bond donors (Lipinski definition) is 1. The maximum atomic E-state index is 9.57. The molecule has 0 heterocycles. The van der Waals surface area contributed by atoms with E-state index in [0.717, 1.165) is 11.3 Å². The minimum atomic E-state index is 0.180. The first kappa shape index (κ1) is 12.2. The molecule has 0 atom stereocenters. The first-order chi connectivity index (χ1) is 8.79. The maximum absolute atomic E-state index is 9.57. The molecular formula is C15H15NO2. The summed E-state index contributed by atoms with van der Waals surface area (Å²) in [4.78, 5) is 4.24. The monoisotopic (exact) mass is 241 g/mol. The minimum Gasteiger partial charge on any atom is -0.506 e. The van der Waals surface area contributed by atoms with Gasteiger partial charge in [-0.05, 0) is 48.9 Å². The highest BCUT2D eigenvalue weighted by atomic mass is 16.5. The van der Waals surface area contributed by atoms with Crippen molar-refractivity contribution >= 4 is 11.9 Å². The Morgan fingerprint density at radius 2 is 1.83 bits per heavy atom. The standard InChI is InChI=1S/C15H15NO2/c1-2-18-13-9-7-12(8-10-13)11-16-14-5-3-4-6-15(14)17/h3-11,17H,2H2,1H3. The van der Waals surface area contributed by atoms with E-state index in [-0.39, 0.29) is 5.75 Å². The molecule has 3 heteroatoms. The Morgan fingerprint density at radius 1 is 1.11 bits per heavy atom. The maximum Gasteiger partial charge on any atom is 0.141 e. The number of aliphatic imine (C=N–C) groups is 1. The normalized spacial score (nSPS) is 10.7. The lowest BCUT2D eigenvalue weighted by Crippen LogP contribution is -1.91. The van der Waals surface area contributed by atoms with Gasteiger partial charge in [0.1, 0.15) is 17.2 Å². The summed E-state index contributed by atoms with van der Waals surface area (Å²) in [5, 5.41) is 9.57. The van der Waals surface area contributed by atoms with E-state index in [4.69, 9.17) is 4.74 Å². The van der Waals surface area contributed by atoms with Crippen LogP contribution in [0.2, 0.25) is 0 Å². The molecule has 0 aliphatic heterocycles. The summed E-state index contributed by atoms with van der Waals surface area (Å²) in [6, 6.07) is 14.6. The Hall–Kier alpha value is -2.29. The molecule has 3 nitrogen and oxygen atoms in total. The lowest BCUT2D eigenvalue weighted by molar-refractivity contribution is 0.340. The molecule has 1 N–H and O–H groups in total. The molecule has 0 aliphatic rings. The van der Waals surface area contributed by atoms with Crippen molar-refractivity contribution in [1.82, 2.24) is 0 Å². The number of nitrogens with zero attached hydrogens (tertiary/aromatic N) is 1. The van der Waals surface area contributed by atoms with Gasteiger partial charge in [-0.15, -0.1) is 0 Å². The molecule has 0 bridgehead atoms. The smallest absolute Gasteiger partial charge is 0.141 e. The van der Waals surface area contributed by atoms with Crippen molar-refractivity contribution in [2.24, 2.45) is 4.99 Å². The van der Waals surface area contributed by atoms with Crippen LogP contribution in [0.4, 0.5) is 5.69 Å². The van der Waals surface area contributed by atoms with Gasteiger partial charge in [-0.3, -0.25) is 4.99 Å². The van der Waals surface area contributed by atoms with Gasteiger partial charge in [0.15, 0.2) is 0 Å². The number of rotatable bonds is 4. The topological polar surface area (TPSA) is 41.8 Å². The fourth-order valence-electron chi connectivity index (χ4n) is 1.53. The molecule has 0 saturated heterocycles. The van der Waals surface area contributed by atoms with Crippen molar-refractivity contribution < 1.29 is 9.84 Å². The van der Waals surface area contributed by atoms with E-state index in [9.17, 15) is 5.11 Å². The van der Waals surface area contributed by atoms with E-state index in [0.29, 0.717) is 12.3 Å². The highest BCUT2D eigenvalue weighted by molar-refractivity contribution is 5.82. The summed E-state index contributed by atoms with van der Waals surface area (Å²) in [6.45, 7) is 2.61. The molecule has 92 valence electrons. The molecule has 2 aromatic carbocycles. The molecule has 2 rings (SSSR count). The van der Waals surface area contributed by atoms with Crippen molar-refractivity contribution in [1.29, 1.82) is 0 Å². The Kier molecular flexibility index (Phi) is 3.97. The summed E-state index contributed by atoms with van der Waals surface area (Å²) >= 11 is 0. The third kappa shape index (κ3) is 3.10. The molecule has 0 aromatic heterocycles. The Labute approximate surface area is 106 Å². The lowest BCUT2D eigenvalue weighted by Gasteiger charge is -2.02. The number of phenols is 1. The highest BCUT2D eigenvalue weighted by Gasteiger charge is 1.96. The second-order valence-electron chi connectivity index (χ2n) is 3.75. The summed E-state index contributed by atoms with van der Waals surface area (Å²) in [6.07, 6.45) is 1.71. The molecule has 18 heavy (non-hydrogen) atoms. The van der Waals surface area contributed by atoms with E-state index >= 15 is 0 Å². The first-order valence-electron chi connectivity index (χ1n) is 5.84. The molecule has 0 radical (unpaired) electrons. The fraction of sp³-hybridized carbons (Fsp3) is 0.133. The van der Waals surface area contributed by atoms with Crippen LogP contribution >= 0.6 is 0 Å². The van der Waals surface area contributed by atoms with Crippen LogP contribution in [-0.2, 0) is 0 Å². The molecule has 0 saturated carbocycles. The van der Waals surface area contributed by atoms with Gasteiger partial charge in [0.2, 0.25) is 0 Å². The average molecular weight is 241 g/mol. The second-order valence-corrected chi connectivity index (χ2v) is 3.75. The molecule has 0 fully saturated rings. The highest BCUT2D eigenvalue weighted by Crippen LogP contribution is 2.24. The minimum absolute atomic E-state index is 0.180. The summed E-state index contributed by atoms with van der Waals surface area (Å²) in [7, 11) is 0. The number of hydrogen-bond acceptors (Lipinski definition) is 3. The quantitative estimate of drug-likeness (QED) is 0.832. The van der Waals surface area contributed by atoms with Gasteiger partial charge in [-0.1, -0.05) is 12.1 Å². The van der Waals surface area contributed by atoms with E-state index < -0.39 is 0 Å². The largest absolute Gasteiger partial charge is 0.506 e. The van der Waals surface area contributed by atoms with Crippen LogP contribution < -0.4 is 4.74 Å². The Morgan fingerprint density at radius 3 is 2.50 bits per heavy atom. The summed E-state index contributed by atoms with van der Waals surface area (Å²) in [5.41, 5.74) is 1.52. The zero-order valence-electron chi connectivity index (χ0n) is 10.2. The Balaban J connectivity index is 2.12. The predicted octanol–water partition coefficient (Wildman–Crippen LogP) is 3.54. The molecule has 0 spiro atoms. The van der Waals surface area contributed by atoms with Crippen LogP contribution in [0.5, 0.6) is 11.5 Å². The summed E-state index contributed by atoms with van der Waals surface area (Å²) < 4.78 is 5.36. The van der Waals surface area contributed by atoms with E-state index in [1.165, 1.54) is 0 Å². The van der Waals surface area contributed by atoms with E-state index in [1.54, 1.807) is 24.4 Å². The number of para-hydroxylation sites is 2. The zero-order chi connectivity index (χ0) is 12.8. The molecule has 0 unspecified atom stereocenters.